The molecular weight excluding hydrogens is 282 g/mol. The van der Waals surface area contributed by atoms with E-state index in [0.29, 0.717) is 0 Å². The van der Waals surface area contributed by atoms with E-state index in [4.69, 9.17) is 4.18 Å². The van der Waals surface area contributed by atoms with Crippen molar-refractivity contribution in [2.45, 2.75) is 31.9 Å². The maximum Gasteiger partial charge on any atom is 0.277 e. The van der Waals surface area contributed by atoms with E-state index < -0.39 is 21.2 Å². The largest absolute Gasteiger partial charge is 0.300 e. The molecule has 0 N–H and O–H groups in total. The maximum atomic E-state index is 12.3. The van der Waals surface area contributed by atoms with Crippen molar-refractivity contribution in [3.05, 3.63) is 30.1 Å². The first-order valence-corrected chi connectivity index (χ1v) is 7.67. The number of ketones is 2. The molecule has 7 heteroatoms. The first kappa shape index (κ1) is 16.5. The molecule has 20 heavy (non-hydrogen) atoms. The monoisotopic (exact) mass is 299 g/mol. The van der Waals surface area contributed by atoms with Crippen molar-refractivity contribution >= 4 is 21.7 Å². The number of hydrogen-bond donors (Lipinski definition) is 0. The van der Waals surface area contributed by atoms with Crippen LogP contribution in [0.15, 0.2) is 24.5 Å². The van der Waals surface area contributed by atoms with E-state index in [2.05, 4.69) is 4.98 Å². The second-order valence-electron chi connectivity index (χ2n) is 4.23. The first-order chi connectivity index (χ1) is 9.38. The Kier molecular flexibility index (Phi) is 5.97. The fourth-order valence-corrected chi connectivity index (χ4v) is 2.99. The van der Waals surface area contributed by atoms with Gasteiger partial charge in [0.25, 0.3) is 10.1 Å². The Hall–Kier alpha value is -1.60. The Morgan fingerprint density at radius 2 is 1.90 bits per heavy atom. The van der Waals surface area contributed by atoms with Gasteiger partial charge in [0.05, 0.1) is 6.61 Å². The summed E-state index contributed by atoms with van der Waals surface area (Å²) in [6, 6.07) is 2.87. The van der Waals surface area contributed by atoms with Gasteiger partial charge in [-0.15, -0.1) is 0 Å². The number of pyridine rings is 1. The second-order valence-corrected chi connectivity index (χ2v) is 6.02. The molecule has 110 valence electrons. The molecule has 1 aromatic heterocycles. The lowest BCUT2D eigenvalue weighted by atomic mass is 10.1. The quantitative estimate of drug-likeness (QED) is 0.532. The van der Waals surface area contributed by atoms with Gasteiger partial charge < -0.3 is 4.79 Å². The average molecular weight is 299 g/mol. The molecular formula is C13H17NO5S. The van der Waals surface area contributed by atoms with Crippen LogP contribution >= 0.6 is 0 Å². The molecule has 0 saturated heterocycles. The van der Waals surface area contributed by atoms with Gasteiger partial charge in [-0.3, -0.25) is 14.0 Å². The predicted molar refractivity (Wildman–Crippen MR) is 72.8 cm³/mol. The van der Waals surface area contributed by atoms with Crippen molar-refractivity contribution in [3.63, 3.8) is 0 Å². The van der Waals surface area contributed by atoms with E-state index in [1.54, 1.807) is 0 Å². The van der Waals surface area contributed by atoms with E-state index in [-0.39, 0.29) is 30.8 Å². The van der Waals surface area contributed by atoms with Crippen molar-refractivity contribution in [1.82, 2.24) is 4.98 Å². The highest BCUT2D eigenvalue weighted by atomic mass is 32.2. The molecule has 1 aromatic rings. The minimum Gasteiger partial charge on any atom is -0.300 e. The van der Waals surface area contributed by atoms with E-state index in [1.165, 1.54) is 38.4 Å². The number of Topliss-reactive ketones (excluding diaryl/α,β-unsaturated/α-hetero) is 2. The maximum absolute atomic E-state index is 12.3. The average Bonchev–Trinajstić information content (AvgIpc) is 2.39. The zero-order valence-corrected chi connectivity index (χ0v) is 12.2. The van der Waals surface area contributed by atoms with Gasteiger partial charge in [0.1, 0.15) is 11.0 Å². The van der Waals surface area contributed by atoms with Gasteiger partial charge in [0.15, 0.2) is 5.78 Å². The molecule has 0 amide bonds. The third kappa shape index (κ3) is 4.50. The van der Waals surface area contributed by atoms with Crippen molar-refractivity contribution in [1.29, 1.82) is 0 Å². The zero-order chi connectivity index (χ0) is 15.2. The minimum atomic E-state index is -4.04. The van der Waals surface area contributed by atoms with E-state index in [1.807, 2.05) is 0 Å². The Balaban J connectivity index is 3.04. The smallest absolute Gasteiger partial charge is 0.277 e. The summed E-state index contributed by atoms with van der Waals surface area (Å²) in [5.74, 6) is -0.758. The fraction of sp³-hybridized carbons (Fsp3) is 0.462. The van der Waals surface area contributed by atoms with Crippen molar-refractivity contribution in [2.24, 2.45) is 0 Å². The molecule has 0 aliphatic rings. The molecule has 0 fully saturated rings. The van der Waals surface area contributed by atoms with E-state index in [0.717, 1.165) is 0 Å². The van der Waals surface area contributed by atoms with Crippen LogP contribution in [0.1, 0.15) is 37.0 Å². The van der Waals surface area contributed by atoms with Crippen LogP contribution in [0.3, 0.4) is 0 Å². The van der Waals surface area contributed by atoms with Crippen LogP contribution in [0.2, 0.25) is 0 Å². The Labute approximate surface area is 118 Å². The standard InChI is InChI=1S/C13H17NO5S/c1-3-19-20(17,18)12(5-4-10(2)15)13(16)11-6-8-14-9-7-11/h6-9,12H,3-5H2,1-2H3. The number of carbonyl (C=O) groups excluding carboxylic acids is 2. The van der Waals surface area contributed by atoms with Crippen LogP contribution < -0.4 is 0 Å². The van der Waals surface area contributed by atoms with Gasteiger partial charge in [-0.1, -0.05) is 0 Å². The highest BCUT2D eigenvalue weighted by molar-refractivity contribution is 7.88. The highest BCUT2D eigenvalue weighted by Crippen LogP contribution is 2.17. The number of aromatic nitrogens is 1. The van der Waals surface area contributed by atoms with Crippen LogP contribution in [-0.4, -0.2) is 36.8 Å². The molecule has 6 nitrogen and oxygen atoms in total. The highest BCUT2D eigenvalue weighted by Gasteiger charge is 2.33. The zero-order valence-electron chi connectivity index (χ0n) is 11.4. The molecule has 0 spiro atoms. The Morgan fingerprint density at radius 1 is 1.30 bits per heavy atom. The van der Waals surface area contributed by atoms with Gasteiger partial charge in [-0.05, 0) is 32.4 Å². The third-order valence-corrected chi connectivity index (χ3v) is 4.36. The summed E-state index contributed by atoms with van der Waals surface area (Å²) >= 11 is 0. The van der Waals surface area contributed by atoms with Crippen LogP contribution in [0.25, 0.3) is 0 Å². The van der Waals surface area contributed by atoms with Crippen molar-refractivity contribution in [2.75, 3.05) is 6.61 Å². The van der Waals surface area contributed by atoms with E-state index in [9.17, 15) is 18.0 Å². The summed E-state index contributed by atoms with van der Waals surface area (Å²) in [7, 11) is -4.04. The lowest BCUT2D eigenvalue weighted by Crippen LogP contribution is -2.32. The number of nitrogens with zero attached hydrogens (tertiary/aromatic N) is 1. The molecule has 1 rings (SSSR count). The second kappa shape index (κ2) is 7.25. The summed E-state index contributed by atoms with van der Waals surface area (Å²) in [5, 5.41) is -1.37. The summed E-state index contributed by atoms with van der Waals surface area (Å²) in [4.78, 5) is 27.1. The van der Waals surface area contributed by atoms with Crippen LogP contribution in [0.5, 0.6) is 0 Å². The first-order valence-electron chi connectivity index (χ1n) is 6.20. The Morgan fingerprint density at radius 3 is 2.40 bits per heavy atom. The van der Waals surface area contributed by atoms with Gasteiger partial charge in [0, 0.05) is 24.4 Å². The topological polar surface area (TPSA) is 90.4 Å². The SMILES string of the molecule is CCOS(=O)(=O)C(CCC(C)=O)C(=O)c1ccncc1. The third-order valence-electron chi connectivity index (χ3n) is 2.65. The van der Waals surface area contributed by atoms with Crippen molar-refractivity contribution < 1.29 is 22.2 Å². The predicted octanol–water partition coefficient (Wildman–Crippen LogP) is 1.37. The molecule has 1 unspecified atom stereocenters. The number of carbonyl (C=O) groups is 2. The fourth-order valence-electron chi connectivity index (χ4n) is 1.69. The van der Waals surface area contributed by atoms with Gasteiger partial charge in [0.2, 0.25) is 0 Å². The van der Waals surface area contributed by atoms with Gasteiger partial charge in [-0.25, -0.2) is 0 Å². The van der Waals surface area contributed by atoms with Crippen LogP contribution in [0.4, 0.5) is 0 Å². The van der Waals surface area contributed by atoms with Crippen LogP contribution in [-0.2, 0) is 19.1 Å². The molecule has 0 aliphatic heterocycles. The van der Waals surface area contributed by atoms with Gasteiger partial charge >= 0.3 is 0 Å². The number of rotatable bonds is 8. The molecule has 1 atom stereocenters. The van der Waals surface area contributed by atoms with Crippen molar-refractivity contribution in [3.8, 4) is 0 Å². The molecule has 0 bridgehead atoms. The molecule has 0 aliphatic carbocycles. The lowest BCUT2D eigenvalue weighted by molar-refractivity contribution is -0.117. The molecule has 0 saturated carbocycles. The molecule has 0 aromatic carbocycles. The molecule has 1 heterocycles. The summed E-state index contributed by atoms with van der Waals surface area (Å²) in [6.07, 6.45) is 2.73. The normalized spacial score (nSPS) is 12.9. The van der Waals surface area contributed by atoms with Gasteiger partial charge in [-0.2, -0.15) is 8.42 Å². The summed E-state index contributed by atoms with van der Waals surface area (Å²) in [6.45, 7) is 2.82. The number of hydrogen-bond acceptors (Lipinski definition) is 6. The molecule has 0 radical (unpaired) electrons. The summed E-state index contributed by atoms with van der Waals surface area (Å²) in [5.41, 5.74) is 0.233. The van der Waals surface area contributed by atoms with E-state index >= 15 is 0 Å². The van der Waals surface area contributed by atoms with Crippen LogP contribution in [0, 0.1) is 0 Å². The lowest BCUT2D eigenvalue weighted by Gasteiger charge is -2.15. The Bertz CT molecular complexity index is 568. The minimum absolute atomic E-state index is 0.00773. The summed E-state index contributed by atoms with van der Waals surface area (Å²) < 4.78 is 28.7.